The van der Waals surface area contributed by atoms with Crippen LogP contribution in [-0.2, 0) is 9.53 Å². The van der Waals surface area contributed by atoms with Crippen molar-refractivity contribution < 1.29 is 9.53 Å². The molecule has 0 radical (unpaired) electrons. The molecule has 2 nitrogen and oxygen atoms in total. The van der Waals surface area contributed by atoms with Crippen LogP contribution in [-0.4, -0.2) is 17.0 Å². The molecule has 0 aromatic rings. The number of ketones is 1. The molecule has 2 heteroatoms. The number of allylic oxidation sites excluding steroid dienone is 1. The monoisotopic (exact) mass is 246 g/mol. The molecule has 0 aromatic heterocycles. The predicted molar refractivity (Wildman–Crippen MR) is 69.2 cm³/mol. The van der Waals surface area contributed by atoms with Crippen LogP contribution in [0.15, 0.2) is 11.6 Å². The van der Waals surface area contributed by atoms with E-state index in [1.54, 1.807) is 0 Å². The summed E-state index contributed by atoms with van der Waals surface area (Å²) in [5.74, 6) is 0.680. The first kappa shape index (κ1) is 11.2. The molecule has 4 aliphatic rings. The van der Waals surface area contributed by atoms with Crippen LogP contribution < -0.4 is 0 Å². The van der Waals surface area contributed by atoms with E-state index in [0.717, 1.165) is 19.3 Å². The van der Waals surface area contributed by atoms with Gasteiger partial charge in [0.25, 0.3) is 0 Å². The summed E-state index contributed by atoms with van der Waals surface area (Å²) in [4.78, 5) is 12.4. The van der Waals surface area contributed by atoms with Crippen molar-refractivity contribution in [1.29, 1.82) is 0 Å². The number of carbonyl (C=O) groups excluding carboxylic acids is 1. The Morgan fingerprint density at radius 3 is 2.72 bits per heavy atom. The van der Waals surface area contributed by atoms with Crippen molar-refractivity contribution in [3.63, 3.8) is 0 Å². The van der Waals surface area contributed by atoms with Gasteiger partial charge in [0.05, 0.1) is 5.60 Å². The Balaban J connectivity index is 1.72. The lowest BCUT2D eigenvalue weighted by molar-refractivity contribution is -0.121. The van der Waals surface area contributed by atoms with E-state index in [2.05, 4.69) is 13.8 Å². The van der Waals surface area contributed by atoms with Crippen LogP contribution in [0.3, 0.4) is 0 Å². The summed E-state index contributed by atoms with van der Waals surface area (Å²) in [6, 6.07) is 0. The highest BCUT2D eigenvalue weighted by molar-refractivity contribution is 5.94. The zero-order valence-electron chi connectivity index (χ0n) is 11.4. The average molecular weight is 246 g/mol. The van der Waals surface area contributed by atoms with E-state index in [1.165, 1.54) is 31.3 Å². The van der Waals surface area contributed by atoms with Crippen molar-refractivity contribution >= 4 is 5.78 Å². The van der Waals surface area contributed by atoms with Crippen molar-refractivity contribution in [2.45, 2.75) is 70.0 Å². The van der Waals surface area contributed by atoms with Gasteiger partial charge in [-0.05, 0) is 62.5 Å². The number of hydrogen-bond donors (Lipinski definition) is 0. The second-order valence-electron chi connectivity index (χ2n) is 7.36. The van der Waals surface area contributed by atoms with Crippen molar-refractivity contribution in [3.8, 4) is 0 Å². The van der Waals surface area contributed by atoms with Gasteiger partial charge in [0, 0.05) is 5.92 Å². The molecule has 18 heavy (non-hydrogen) atoms. The third-order valence-corrected chi connectivity index (χ3v) is 6.25. The summed E-state index contributed by atoms with van der Waals surface area (Å²) in [5.41, 5.74) is 1.57. The van der Waals surface area contributed by atoms with Gasteiger partial charge in [0.1, 0.15) is 5.60 Å². The maximum atomic E-state index is 12.4. The lowest BCUT2D eigenvalue weighted by Gasteiger charge is -2.36. The molecule has 1 aliphatic heterocycles. The molecular weight excluding hydrogens is 224 g/mol. The lowest BCUT2D eigenvalue weighted by Crippen LogP contribution is -2.36. The van der Waals surface area contributed by atoms with E-state index in [0.29, 0.717) is 11.7 Å². The minimum Gasteiger partial charge on any atom is -0.358 e. The van der Waals surface area contributed by atoms with E-state index in [-0.39, 0.29) is 16.6 Å². The number of rotatable bonds is 1. The molecule has 2 saturated carbocycles. The summed E-state index contributed by atoms with van der Waals surface area (Å²) >= 11 is 0. The normalized spacial score (nSPS) is 54.0. The fourth-order valence-corrected chi connectivity index (χ4v) is 5.12. The average Bonchev–Trinajstić information content (AvgIpc) is 2.62. The van der Waals surface area contributed by atoms with Gasteiger partial charge in [-0.25, -0.2) is 0 Å². The molecule has 0 spiro atoms. The van der Waals surface area contributed by atoms with Gasteiger partial charge >= 0.3 is 0 Å². The second kappa shape index (κ2) is 3.09. The minimum absolute atomic E-state index is 0.0424. The first-order chi connectivity index (χ1) is 8.49. The van der Waals surface area contributed by atoms with Crippen molar-refractivity contribution in [2.75, 3.05) is 0 Å². The maximum absolute atomic E-state index is 12.4. The van der Waals surface area contributed by atoms with Crippen LogP contribution in [0.5, 0.6) is 0 Å². The Kier molecular flexibility index (Phi) is 1.93. The molecule has 2 unspecified atom stereocenters. The number of hydrogen-bond acceptors (Lipinski definition) is 2. The van der Waals surface area contributed by atoms with E-state index in [1.807, 2.05) is 6.08 Å². The quantitative estimate of drug-likeness (QED) is 0.664. The van der Waals surface area contributed by atoms with Gasteiger partial charge in [-0.3, -0.25) is 4.79 Å². The second-order valence-corrected chi connectivity index (χ2v) is 7.36. The zero-order valence-corrected chi connectivity index (χ0v) is 11.4. The molecule has 4 rings (SSSR count). The van der Waals surface area contributed by atoms with Gasteiger partial charge in [0.15, 0.2) is 5.78 Å². The number of epoxide rings is 1. The van der Waals surface area contributed by atoms with Gasteiger partial charge in [0.2, 0.25) is 0 Å². The van der Waals surface area contributed by atoms with Crippen LogP contribution in [0.2, 0.25) is 0 Å². The summed E-state index contributed by atoms with van der Waals surface area (Å²) in [7, 11) is 0. The molecule has 0 N–H and O–H groups in total. The van der Waals surface area contributed by atoms with Crippen molar-refractivity contribution in [2.24, 2.45) is 11.3 Å². The fraction of sp³-hybridized carbons (Fsp3) is 0.812. The first-order valence-electron chi connectivity index (χ1n) is 7.44. The molecular formula is C16H22O2. The molecule has 3 aliphatic carbocycles. The fourth-order valence-electron chi connectivity index (χ4n) is 5.12. The molecule has 4 atom stereocenters. The van der Waals surface area contributed by atoms with E-state index < -0.39 is 0 Å². The minimum atomic E-state index is -0.0424. The SMILES string of the molecule is CC12CCCC1(C1=CC(=O)[C@H]3CCC[C@@]3(C)C1)O2. The van der Waals surface area contributed by atoms with Gasteiger partial charge in [-0.1, -0.05) is 13.3 Å². The largest absolute Gasteiger partial charge is 0.358 e. The molecule has 98 valence electrons. The molecule has 1 heterocycles. The van der Waals surface area contributed by atoms with Crippen LogP contribution >= 0.6 is 0 Å². The Labute approximate surface area is 109 Å². The summed E-state index contributed by atoms with van der Waals surface area (Å²) in [6.45, 7) is 4.55. The Morgan fingerprint density at radius 1 is 1.22 bits per heavy atom. The molecule has 0 amide bonds. The molecule has 0 bridgehead atoms. The van der Waals surface area contributed by atoms with Crippen LogP contribution in [0.25, 0.3) is 0 Å². The van der Waals surface area contributed by atoms with E-state index >= 15 is 0 Å². The number of fused-ring (bicyclic) bond motifs is 2. The van der Waals surface area contributed by atoms with Crippen LogP contribution in [0, 0.1) is 11.3 Å². The Hall–Kier alpha value is -0.630. The zero-order chi connectivity index (χ0) is 12.6. The third-order valence-electron chi connectivity index (χ3n) is 6.25. The first-order valence-corrected chi connectivity index (χ1v) is 7.44. The van der Waals surface area contributed by atoms with Crippen LogP contribution in [0.4, 0.5) is 0 Å². The van der Waals surface area contributed by atoms with Crippen molar-refractivity contribution in [1.82, 2.24) is 0 Å². The Morgan fingerprint density at radius 2 is 2.06 bits per heavy atom. The predicted octanol–water partition coefficient (Wildman–Crippen LogP) is 3.40. The highest BCUT2D eigenvalue weighted by Gasteiger charge is 2.71. The lowest BCUT2D eigenvalue weighted by atomic mass is 9.66. The van der Waals surface area contributed by atoms with Crippen molar-refractivity contribution in [3.05, 3.63) is 11.6 Å². The standard InChI is InChI=1S/C16H22O2/c1-14-6-3-5-12(14)13(17)9-11(10-14)16-8-4-7-15(16,2)18-16/h9,12H,3-8,10H2,1-2H3/t12-,14+,15?,16?/m1/s1. The van der Waals surface area contributed by atoms with Gasteiger partial charge in [-0.15, -0.1) is 0 Å². The van der Waals surface area contributed by atoms with E-state index in [9.17, 15) is 4.79 Å². The molecule has 1 saturated heterocycles. The molecule has 3 fully saturated rings. The summed E-state index contributed by atoms with van der Waals surface area (Å²) in [5, 5.41) is 0. The smallest absolute Gasteiger partial charge is 0.159 e. The van der Waals surface area contributed by atoms with Crippen LogP contribution in [0.1, 0.15) is 58.8 Å². The highest BCUT2D eigenvalue weighted by Crippen LogP contribution is 2.66. The Bertz CT molecular complexity index is 462. The van der Waals surface area contributed by atoms with E-state index in [4.69, 9.17) is 4.74 Å². The third kappa shape index (κ3) is 1.16. The van der Waals surface area contributed by atoms with Gasteiger partial charge < -0.3 is 4.74 Å². The number of carbonyl (C=O) groups is 1. The highest BCUT2D eigenvalue weighted by atomic mass is 16.6. The van der Waals surface area contributed by atoms with Gasteiger partial charge in [-0.2, -0.15) is 0 Å². The summed E-state index contributed by atoms with van der Waals surface area (Å²) in [6.07, 6.45) is 10.1. The topological polar surface area (TPSA) is 29.6 Å². The molecule has 0 aromatic carbocycles. The number of ether oxygens (including phenoxy) is 1. The summed E-state index contributed by atoms with van der Waals surface area (Å²) < 4.78 is 6.09. The maximum Gasteiger partial charge on any atom is 0.159 e.